The lowest BCUT2D eigenvalue weighted by atomic mass is 10.2. The molecule has 1 N–H and O–H groups in total. The SMILES string of the molecule is CCCCCCNCCCCCC[P+](CC)(CC)CC. The molecule has 122 valence electrons. The Kier molecular flexibility index (Phi) is 14.6. The Bertz CT molecular complexity index is 182. The van der Waals surface area contributed by atoms with Crippen molar-refractivity contribution >= 4 is 7.26 Å². The second-order valence-corrected chi connectivity index (χ2v) is 11.3. The third kappa shape index (κ3) is 10.2. The van der Waals surface area contributed by atoms with Crippen molar-refractivity contribution in [1.29, 1.82) is 0 Å². The van der Waals surface area contributed by atoms with Gasteiger partial charge in [-0.05, 0) is 59.5 Å². The van der Waals surface area contributed by atoms with E-state index in [9.17, 15) is 0 Å². The maximum atomic E-state index is 3.59. The Hall–Kier alpha value is 0.390. The van der Waals surface area contributed by atoms with Gasteiger partial charge in [0.15, 0.2) is 0 Å². The second-order valence-electron chi connectivity index (χ2n) is 6.24. The van der Waals surface area contributed by atoms with Gasteiger partial charge in [-0.1, -0.05) is 32.6 Å². The summed E-state index contributed by atoms with van der Waals surface area (Å²) in [5, 5.41) is 3.59. The van der Waals surface area contributed by atoms with Gasteiger partial charge in [0.2, 0.25) is 0 Å². The number of unbranched alkanes of at least 4 members (excludes halogenated alkanes) is 6. The maximum Gasteiger partial charge on any atom is 0.0594 e. The monoisotopic (exact) mass is 302 g/mol. The van der Waals surface area contributed by atoms with Gasteiger partial charge in [-0.15, -0.1) is 0 Å². The average molecular weight is 303 g/mol. The van der Waals surface area contributed by atoms with Crippen molar-refractivity contribution in [2.45, 2.75) is 79.1 Å². The van der Waals surface area contributed by atoms with Crippen LogP contribution in [0.3, 0.4) is 0 Å². The molecule has 0 aliphatic heterocycles. The van der Waals surface area contributed by atoms with Gasteiger partial charge in [0, 0.05) is 7.26 Å². The van der Waals surface area contributed by atoms with Crippen LogP contribution in [0.2, 0.25) is 0 Å². The van der Waals surface area contributed by atoms with E-state index in [1.807, 2.05) is 0 Å². The van der Waals surface area contributed by atoms with Crippen LogP contribution in [0.4, 0.5) is 0 Å². The van der Waals surface area contributed by atoms with E-state index >= 15 is 0 Å². The van der Waals surface area contributed by atoms with E-state index in [1.54, 1.807) is 6.16 Å². The molecule has 0 amide bonds. The third-order valence-corrected chi connectivity index (χ3v) is 10.2. The molecule has 0 aromatic heterocycles. The van der Waals surface area contributed by atoms with E-state index in [1.165, 1.54) is 82.9 Å². The normalized spacial score (nSPS) is 12.0. The highest BCUT2D eigenvalue weighted by Crippen LogP contribution is 2.58. The molecule has 2 heteroatoms. The van der Waals surface area contributed by atoms with Crippen LogP contribution in [-0.2, 0) is 0 Å². The summed E-state index contributed by atoms with van der Waals surface area (Å²) in [7, 11) is -0.532. The van der Waals surface area contributed by atoms with Crippen LogP contribution in [-0.4, -0.2) is 37.7 Å². The summed E-state index contributed by atoms with van der Waals surface area (Å²) < 4.78 is 0. The Morgan fingerprint density at radius 1 is 0.600 bits per heavy atom. The average Bonchev–Trinajstić information content (AvgIpc) is 2.49. The molecule has 0 spiro atoms. The molecule has 0 bridgehead atoms. The Morgan fingerprint density at radius 2 is 1.10 bits per heavy atom. The zero-order valence-electron chi connectivity index (χ0n) is 14.8. The number of hydrogen-bond donors (Lipinski definition) is 1. The molecular weight excluding hydrogens is 261 g/mol. The van der Waals surface area contributed by atoms with Crippen molar-refractivity contribution in [2.24, 2.45) is 0 Å². The Labute approximate surface area is 130 Å². The number of hydrogen-bond acceptors (Lipinski definition) is 1. The van der Waals surface area contributed by atoms with Gasteiger partial charge in [0.1, 0.15) is 0 Å². The highest BCUT2D eigenvalue weighted by atomic mass is 31.2. The molecule has 0 radical (unpaired) electrons. The summed E-state index contributed by atoms with van der Waals surface area (Å²) in [6.45, 7) is 12.0. The second kappa shape index (κ2) is 14.3. The van der Waals surface area contributed by atoms with Crippen LogP contribution < -0.4 is 5.32 Å². The van der Waals surface area contributed by atoms with Gasteiger partial charge in [-0.2, -0.15) is 0 Å². The topological polar surface area (TPSA) is 12.0 Å². The van der Waals surface area contributed by atoms with Crippen LogP contribution >= 0.6 is 7.26 Å². The minimum atomic E-state index is -0.532. The van der Waals surface area contributed by atoms with Crippen LogP contribution in [0.5, 0.6) is 0 Å². The van der Waals surface area contributed by atoms with E-state index < -0.39 is 7.26 Å². The van der Waals surface area contributed by atoms with E-state index in [4.69, 9.17) is 0 Å². The molecule has 0 saturated heterocycles. The molecular formula is C18H41NP+. The molecule has 0 aromatic carbocycles. The van der Waals surface area contributed by atoms with E-state index in [-0.39, 0.29) is 0 Å². The van der Waals surface area contributed by atoms with Gasteiger partial charge in [0.05, 0.1) is 24.6 Å². The first kappa shape index (κ1) is 20.4. The molecule has 0 rings (SSSR count). The highest BCUT2D eigenvalue weighted by molar-refractivity contribution is 7.75. The lowest BCUT2D eigenvalue weighted by molar-refractivity contribution is 0.565. The van der Waals surface area contributed by atoms with E-state index in [0.717, 1.165) is 0 Å². The van der Waals surface area contributed by atoms with Crippen molar-refractivity contribution in [3.05, 3.63) is 0 Å². The van der Waals surface area contributed by atoms with E-state index in [2.05, 4.69) is 33.0 Å². The van der Waals surface area contributed by atoms with Crippen molar-refractivity contribution < 1.29 is 0 Å². The summed E-state index contributed by atoms with van der Waals surface area (Å²) in [4.78, 5) is 0. The summed E-state index contributed by atoms with van der Waals surface area (Å²) in [5.74, 6) is 0. The molecule has 0 unspecified atom stereocenters. The maximum absolute atomic E-state index is 3.59. The predicted molar refractivity (Wildman–Crippen MR) is 98.9 cm³/mol. The minimum Gasteiger partial charge on any atom is -0.317 e. The molecule has 0 fully saturated rings. The Morgan fingerprint density at radius 3 is 1.60 bits per heavy atom. The first-order valence-electron chi connectivity index (χ1n) is 9.30. The fourth-order valence-electron chi connectivity index (χ4n) is 3.00. The van der Waals surface area contributed by atoms with Gasteiger partial charge in [-0.3, -0.25) is 0 Å². The van der Waals surface area contributed by atoms with Crippen molar-refractivity contribution in [1.82, 2.24) is 5.32 Å². The largest absolute Gasteiger partial charge is 0.317 e. The first-order chi connectivity index (χ1) is 9.74. The lowest BCUT2D eigenvalue weighted by Gasteiger charge is -2.23. The lowest BCUT2D eigenvalue weighted by Crippen LogP contribution is -2.16. The fourth-order valence-corrected chi connectivity index (χ4v) is 6.18. The minimum absolute atomic E-state index is 0.532. The van der Waals surface area contributed by atoms with Gasteiger partial charge in [0.25, 0.3) is 0 Å². The summed E-state index contributed by atoms with van der Waals surface area (Å²) >= 11 is 0. The van der Waals surface area contributed by atoms with Crippen LogP contribution in [0.25, 0.3) is 0 Å². The van der Waals surface area contributed by atoms with Crippen molar-refractivity contribution in [3.63, 3.8) is 0 Å². The highest BCUT2D eigenvalue weighted by Gasteiger charge is 2.29. The smallest absolute Gasteiger partial charge is 0.0594 e. The van der Waals surface area contributed by atoms with Gasteiger partial charge in [-0.25, -0.2) is 0 Å². The molecule has 0 aliphatic rings. The number of rotatable bonds is 15. The number of nitrogens with one attached hydrogen (secondary N) is 1. The Balaban J connectivity index is 3.32. The predicted octanol–water partition coefficient (Wildman–Crippen LogP) is 5.79. The van der Waals surface area contributed by atoms with Gasteiger partial charge >= 0.3 is 0 Å². The third-order valence-electron chi connectivity index (χ3n) is 4.96. The fraction of sp³-hybridized carbons (Fsp3) is 1.00. The summed E-state index contributed by atoms with van der Waals surface area (Å²) in [5.41, 5.74) is 0. The standard InChI is InChI=1S/C18H41NP/c1-5-9-10-13-16-19-17-14-11-12-15-18-20(6-2,7-3)8-4/h19H,5-18H2,1-4H3/q+1. The molecule has 1 nitrogen and oxygen atoms in total. The zero-order chi connectivity index (χ0) is 15.1. The summed E-state index contributed by atoms with van der Waals surface area (Å²) in [6, 6.07) is 0. The molecule has 0 atom stereocenters. The van der Waals surface area contributed by atoms with Crippen LogP contribution in [0.1, 0.15) is 79.1 Å². The molecule has 0 heterocycles. The summed E-state index contributed by atoms with van der Waals surface area (Å²) in [6.07, 6.45) is 17.2. The quantitative estimate of drug-likeness (QED) is 0.298. The van der Waals surface area contributed by atoms with Crippen molar-refractivity contribution in [2.75, 3.05) is 37.7 Å². The van der Waals surface area contributed by atoms with Crippen molar-refractivity contribution in [3.8, 4) is 0 Å². The van der Waals surface area contributed by atoms with E-state index in [0.29, 0.717) is 0 Å². The van der Waals surface area contributed by atoms with Crippen LogP contribution in [0, 0.1) is 0 Å². The molecule has 0 saturated carbocycles. The molecule has 0 aromatic rings. The van der Waals surface area contributed by atoms with Gasteiger partial charge < -0.3 is 5.32 Å². The molecule has 0 aliphatic carbocycles. The molecule has 20 heavy (non-hydrogen) atoms. The first-order valence-corrected chi connectivity index (χ1v) is 11.8. The van der Waals surface area contributed by atoms with Crippen LogP contribution in [0.15, 0.2) is 0 Å². The zero-order valence-corrected chi connectivity index (χ0v) is 15.7.